The molecule has 0 fully saturated rings. The van der Waals surface area contributed by atoms with Crippen molar-refractivity contribution in [3.05, 3.63) is 34.3 Å². The van der Waals surface area contributed by atoms with Gasteiger partial charge in [0.15, 0.2) is 0 Å². The molecule has 4 heteroatoms. The van der Waals surface area contributed by atoms with E-state index in [-0.39, 0.29) is 12.2 Å². The van der Waals surface area contributed by atoms with Crippen LogP contribution in [0, 0.1) is 5.41 Å². The van der Waals surface area contributed by atoms with Gasteiger partial charge in [-0.2, -0.15) is 0 Å². The van der Waals surface area contributed by atoms with Gasteiger partial charge in [-0.3, -0.25) is 9.59 Å². The molecular weight excluding hydrogens is 308 g/mol. The number of rotatable bonds is 7. The van der Waals surface area contributed by atoms with Gasteiger partial charge < -0.3 is 5.11 Å². The summed E-state index contributed by atoms with van der Waals surface area (Å²) in [4.78, 5) is 23.3. The molecule has 1 atom stereocenters. The van der Waals surface area contributed by atoms with Crippen LogP contribution in [-0.4, -0.2) is 16.9 Å². The molecule has 1 unspecified atom stereocenters. The van der Waals surface area contributed by atoms with E-state index >= 15 is 0 Å². The number of hydrogen-bond acceptors (Lipinski definition) is 2. The van der Waals surface area contributed by atoms with Crippen LogP contribution in [0.1, 0.15) is 38.7 Å². The first-order valence-corrected chi connectivity index (χ1v) is 7.16. The van der Waals surface area contributed by atoms with Gasteiger partial charge in [0, 0.05) is 17.3 Å². The molecule has 0 aliphatic heterocycles. The molecule has 1 aromatic carbocycles. The lowest BCUT2D eigenvalue weighted by Crippen LogP contribution is -2.30. The Morgan fingerprint density at radius 2 is 1.84 bits per heavy atom. The van der Waals surface area contributed by atoms with Gasteiger partial charge in [-0.1, -0.05) is 41.4 Å². The maximum Gasteiger partial charge on any atom is 0.309 e. The molecule has 0 spiro atoms. The zero-order valence-corrected chi connectivity index (χ0v) is 12.9. The molecule has 0 radical (unpaired) electrons. The first-order valence-electron chi connectivity index (χ1n) is 6.37. The van der Waals surface area contributed by atoms with Crippen molar-refractivity contribution in [2.45, 2.75) is 39.5 Å². The number of aliphatic carboxylic acids is 1. The lowest BCUT2D eigenvalue weighted by Gasteiger charge is -2.23. The summed E-state index contributed by atoms with van der Waals surface area (Å²) in [6.45, 7) is 3.58. The fourth-order valence-electron chi connectivity index (χ4n) is 2.15. The fraction of sp³-hybridized carbons (Fsp3) is 0.467. The lowest BCUT2D eigenvalue weighted by atomic mass is 9.80. The lowest BCUT2D eigenvalue weighted by molar-refractivity contribution is -0.150. The van der Waals surface area contributed by atoms with Gasteiger partial charge in [-0.05, 0) is 31.0 Å². The van der Waals surface area contributed by atoms with Crippen LogP contribution in [0.25, 0.3) is 0 Å². The van der Waals surface area contributed by atoms with Crippen molar-refractivity contribution in [1.29, 1.82) is 0 Å². The first kappa shape index (κ1) is 15.9. The predicted molar refractivity (Wildman–Crippen MR) is 78.1 cm³/mol. The smallest absolute Gasteiger partial charge is 0.309 e. The van der Waals surface area contributed by atoms with Crippen molar-refractivity contribution in [3.8, 4) is 0 Å². The van der Waals surface area contributed by atoms with Crippen LogP contribution in [0.2, 0.25) is 0 Å². The second kappa shape index (κ2) is 6.85. The van der Waals surface area contributed by atoms with E-state index in [1.807, 2.05) is 31.2 Å². The summed E-state index contributed by atoms with van der Waals surface area (Å²) in [6, 6.07) is 7.51. The van der Waals surface area contributed by atoms with Crippen molar-refractivity contribution >= 4 is 27.7 Å². The molecule has 0 amide bonds. The topological polar surface area (TPSA) is 54.4 Å². The highest BCUT2D eigenvalue weighted by Crippen LogP contribution is 2.29. The quantitative estimate of drug-likeness (QED) is 0.828. The molecule has 0 heterocycles. The van der Waals surface area contributed by atoms with Crippen LogP contribution in [0.4, 0.5) is 0 Å². The van der Waals surface area contributed by atoms with Crippen molar-refractivity contribution in [2.24, 2.45) is 5.41 Å². The number of carboxylic acids is 1. The minimum Gasteiger partial charge on any atom is -0.481 e. The number of carboxylic acid groups (broad SMARTS) is 1. The summed E-state index contributed by atoms with van der Waals surface area (Å²) in [5, 5.41) is 9.26. The molecule has 0 saturated carbocycles. The van der Waals surface area contributed by atoms with Crippen LogP contribution in [0.5, 0.6) is 0 Å². The molecular formula is C15H19BrO3. The number of benzene rings is 1. The molecule has 0 bridgehead atoms. The second-order valence-electron chi connectivity index (χ2n) is 5.13. The van der Waals surface area contributed by atoms with Crippen LogP contribution in [0.15, 0.2) is 28.7 Å². The molecule has 3 nitrogen and oxygen atoms in total. The highest BCUT2D eigenvalue weighted by atomic mass is 79.9. The Balaban J connectivity index is 2.68. The van der Waals surface area contributed by atoms with E-state index in [9.17, 15) is 14.7 Å². The maximum absolute atomic E-state index is 12.0. The van der Waals surface area contributed by atoms with E-state index in [1.165, 1.54) is 0 Å². The standard InChI is InChI=1S/C15H19BrO3/c1-3-8-15(2,14(18)19)10-13(17)9-11-4-6-12(16)7-5-11/h4-7H,3,8-10H2,1-2H3,(H,18,19). The van der Waals surface area contributed by atoms with E-state index in [4.69, 9.17) is 0 Å². The summed E-state index contributed by atoms with van der Waals surface area (Å²) >= 11 is 3.34. The average molecular weight is 327 g/mol. The molecule has 0 aliphatic rings. The molecule has 0 saturated heterocycles. The van der Waals surface area contributed by atoms with E-state index in [0.717, 1.165) is 16.5 Å². The third-order valence-electron chi connectivity index (χ3n) is 3.22. The summed E-state index contributed by atoms with van der Waals surface area (Å²) in [7, 11) is 0. The second-order valence-corrected chi connectivity index (χ2v) is 6.05. The van der Waals surface area contributed by atoms with Gasteiger partial charge >= 0.3 is 5.97 Å². The molecule has 0 aliphatic carbocycles. The van der Waals surface area contributed by atoms with Crippen LogP contribution in [-0.2, 0) is 16.0 Å². The van der Waals surface area contributed by atoms with Gasteiger partial charge in [0.1, 0.15) is 5.78 Å². The number of carbonyl (C=O) groups excluding carboxylic acids is 1. The average Bonchev–Trinajstić information content (AvgIpc) is 2.32. The van der Waals surface area contributed by atoms with Crippen molar-refractivity contribution in [1.82, 2.24) is 0 Å². The van der Waals surface area contributed by atoms with Crippen molar-refractivity contribution in [3.63, 3.8) is 0 Å². The van der Waals surface area contributed by atoms with E-state index in [2.05, 4.69) is 15.9 Å². The maximum atomic E-state index is 12.0. The van der Waals surface area contributed by atoms with Crippen LogP contribution in [0.3, 0.4) is 0 Å². The zero-order chi connectivity index (χ0) is 14.5. The van der Waals surface area contributed by atoms with Gasteiger partial charge in [0.25, 0.3) is 0 Å². The van der Waals surface area contributed by atoms with E-state index in [1.54, 1.807) is 6.92 Å². The Bertz CT molecular complexity index is 453. The Hall–Kier alpha value is -1.16. The minimum absolute atomic E-state index is 0.0272. The van der Waals surface area contributed by atoms with E-state index < -0.39 is 11.4 Å². The molecule has 1 rings (SSSR count). The monoisotopic (exact) mass is 326 g/mol. The van der Waals surface area contributed by atoms with Gasteiger partial charge in [-0.15, -0.1) is 0 Å². The normalized spacial score (nSPS) is 13.8. The largest absolute Gasteiger partial charge is 0.481 e. The molecule has 19 heavy (non-hydrogen) atoms. The van der Waals surface area contributed by atoms with Crippen LogP contribution < -0.4 is 0 Å². The number of ketones is 1. The number of hydrogen-bond donors (Lipinski definition) is 1. The van der Waals surface area contributed by atoms with E-state index in [0.29, 0.717) is 12.8 Å². The summed E-state index contributed by atoms with van der Waals surface area (Å²) < 4.78 is 0.963. The predicted octanol–water partition coefficient (Wildman–Crippen LogP) is 3.84. The zero-order valence-electron chi connectivity index (χ0n) is 11.3. The molecule has 104 valence electrons. The third-order valence-corrected chi connectivity index (χ3v) is 3.75. The fourth-order valence-corrected chi connectivity index (χ4v) is 2.41. The Kier molecular flexibility index (Phi) is 5.73. The van der Waals surface area contributed by atoms with Crippen molar-refractivity contribution in [2.75, 3.05) is 0 Å². The third kappa shape index (κ3) is 4.78. The summed E-state index contributed by atoms with van der Waals surface area (Å²) in [5.41, 5.74) is -0.0290. The highest BCUT2D eigenvalue weighted by Gasteiger charge is 2.34. The minimum atomic E-state index is -0.943. The highest BCUT2D eigenvalue weighted by molar-refractivity contribution is 9.10. The Morgan fingerprint density at radius 3 is 2.32 bits per heavy atom. The molecule has 1 aromatic rings. The Morgan fingerprint density at radius 1 is 1.26 bits per heavy atom. The summed E-state index contributed by atoms with van der Waals surface area (Å²) in [6.07, 6.45) is 1.66. The number of Topliss-reactive ketones (excluding diaryl/α,β-unsaturated/α-hetero) is 1. The number of halogens is 1. The van der Waals surface area contributed by atoms with Crippen molar-refractivity contribution < 1.29 is 14.7 Å². The van der Waals surface area contributed by atoms with Gasteiger partial charge in [0.2, 0.25) is 0 Å². The first-order chi connectivity index (χ1) is 8.87. The van der Waals surface area contributed by atoms with Crippen LogP contribution >= 0.6 is 15.9 Å². The van der Waals surface area contributed by atoms with Gasteiger partial charge in [-0.25, -0.2) is 0 Å². The molecule has 0 aromatic heterocycles. The van der Waals surface area contributed by atoms with Gasteiger partial charge in [0.05, 0.1) is 5.41 Å². The number of carbonyl (C=O) groups is 2. The SMILES string of the molecule is CCCC(C)(CC(=O)Cc1ccc(Br)cc1)C(=O)O. The Labute approximate surface area is 122 Å². The summed E-state index contributed by atoms with van der Waals surface area (Å²) in [5.74, 6) is -0.917. The molecule has 1 N–H and O–H groups in total.